The minimum absolute atomic E-state index is 0.0831. The van der Waals surface area contributed by atoms with Gasteiger partial charge in [-0.3, -0.25) is 4.79 Å². The van der Waals surface area contributed by atoms with Crippen molar-refractivity contribution >= 4 is 34.5 Å². The molecule has 1 amide bonds. The number of carbonyl (C=O) groups is 1. The second kappa shape index (κ2) is 11.7. The lowest BCUT2D eigenvalue weighted by Crippen LogP contribution is -2.34. The summed E-state index contributed by atoms with van der Waals surface area (Å²) in [6.07, 6.45) is 6.50. The predicted molar refractivity (Wildman–Crippen MR) is 124 cm³/mol. The molecule has 3 aromatic rings. The Kier molecular flexibility index (Phi) is 8.38. The van der Waals surface area contributed by atoms with Gasteiger partial charge >= 0.3 is 0 Å². The molecule has 2 aromatic heterocycles. The second-order valence-corrected chi connectivity index (χ2v) is 7.12. The van der Waals surface area contributed by atoms with Crippen molar-refractivity contribution in [1.82, 2.24) is 24.8 Å². The highest BCUT2D eigenvalue weighted by Gasteiger charge is 2.12. The minimum atomic E-state index is 0.0831. The normalized spacial score (nSPS) is 13.2. The van der Waals surface area contributed by atoms with Crippen LogP contribution in [0.5, 0.6) is 5.75 Å². The maximum Gasteiger partial charge on any atom is 0.245 e. The van der Waals surface area contributed by atoms with E-state index in [0.29, 0.717) is 36.1 Å². The molecule has 1 fully saturated rings. The van der Waals surface area contributed by atoms with Crippen LogP contribution < -0.4 is 15.8 Å². The Bertz CT molecular complexity index is 1030. The summed E-state index contributed by atoms with van der Waals surface area (Å²) in [5.74, 6) is 1.54. The number of aromatic amines is 1. The topological polar surface area (TPSA) is 131 Å². The number of nitrogens with zero attached hydrogens (tertiary/aromatic N) is 4. The number of nitrogens with one attached hydrogen (secondary N) is 2. The molecule has 0 aliphatic carbocycles. The standard InChI is InChI=1S/C14H16N6O2.C8H13NO/c1-21-5-6-22-10-4-2-3-9(7-10)18-14-19-12(15)11-13(20-14)17-8-16-11;1-2-8(10)9-6-4-3-5-7-9/h2-4,7-8H,5-6H2,1H3,(H4,15,16,17,18,19,20);2H,1,3-7H2. The Labute approximate surface area is 186 Å². The number of nitrogens with two attached hydrogens (primary N) is 1. The molecule has 1 aromatic carbocycles. The van der Waals surface area contributed by atoms with Crippen LogP contribution in [0.1, 0.15) is 19.3 Å². The van der Waals surface area contributed by atoms with Gasteiger partial charge in [-0.05, 0) is 37.5 Å². The summed E-state index contributed by atoms with van der Waals surface area (Å²) in [6.45, 7) is 6.31. The van der Waals surface area contributed by atoms with Gasteiger partial charge in [-0.15, -0.1) is 0 Å². The number of amides is 1. The highest BCUT2D eigenvalue weighted by atomic mass is 16.5. The first-order chi connectivity index (χ1) is 15.6. The highest BCUT2D eigenvalue weighted by Crippen LogP contribution is 2.22. The van der Waals surface area contributed by atoms with E-state index >= 15 is 0 Å². The molecule has 10 nitrogen and oxygen atoms in total. The van der Waals surface area contributed by atoms with Gasteiger partial charge in [0.15, 0.2) is 11.5 Å². The number of nitrogen functional groups attached to an aromatic ring is 1. The van der Waals surface area contributed by atoms with E-state index in [1.54, 1.807) is 7.11 Å². The fourth-order valence-electron chi connectivity index (χ4n) is 3.19. The number of methoxy groups -OCH3 is 1. The molecule has 1 aliphatic rings. The van der Waals surface area contributed by atoms with Gasteiger partial charge in [0, 0.05) is 32.0 Å². The number of rotatable bonds is 7. The van der Waals surface area contributed by atoms with Crippen molar-refractivity contribution in [2.75, 3.05) is 44.5 Å². The van der Waals surface area contributed by atoms with Gasteiger partial charge in [0.25, 0.3) is 0 Å². The zero-order valence-electron chi connectivity index (χ0n) is 18.2. The van der Waals surface area contributed by atoms with Gasteiger partial charge in [0.2, 0.25) is 11.9 Å². The highest BCUT2D eigenvalue weighted by molar-refractivity contribution is 5.87. The number of piperidine rings is 1. The van der Waals surface area contributed by atoms with Gasteiger partial charge in [-0.25, -0.2) is 4.98 Å². The molecule has 1 saturated heterocycles. The molecular formula is C22H29N7O3. The summed E-state index contributed by atoms with van der Waals surface area (Å²) in [6, 6.07) is 7.48. The molecule has 0 radical (unpaired) electrons. The first kappa shape index (κ1) is 23.0. The molecule has 3 heterocycles. The fourth-order valence-corrected chi connectivity index (χ4v) is 3.19. The number of ether oxygens (including phenoxy) is 2. The van der Waals surface area contributed by atoms with Crippen molar-refractivity contribution in [2.45, 2.75) is 19.3 Å². The maximum atomic E-state index is 11.0. The summed E-state index contributed by atoms with van der Waals surface area (Å²) < 4.78 is 10.5. The molecule has 0 saturated carbocycles. The smallest absolute Gasteiger partial charge is 0.245 e. The Morgan fingerprint density at radius 1 is 1.28 bits per heavy atom. The lowest BCUT2D eigenvalue weighted by Gasteiger charge is -2.25. The maximum absolute atomic E-state index is 11.0. The number of likely N-dealkylation sites (tertiary alicyclic amines) is 1. The number of hydrogen-bond acceptors (Lipinski definition) is 8. The van der Waals surface area contributed by atoms with E-state index in [9.17, 15) is 4.79 Å². The molecule has 0 atom stereocenters. The zero-order valence-corrected chi connectivity index (χ0v) is 18.2. The lowest BCUT2D eigenvalue weighted by atomic mass is 10.1. The predicted octanol–water partition coefficient (Wildman–Crippen LogP) is 2.89. The first-order valence-electron chi connectivity index (χ1n) is 10.5. The van der Waals surface area contributed by atoms with Crippen LogP contribution in [0.4, 0.5) is 17.5 Å². The number of carbonyl (C=O) groups excluding carboxylic acids is 1. The van der Waals surface area contributed by atoms with Crippen LogP contribution in [-0.2, 0) is 9.53 Å². The average Bonchev–Trinajstić information content (AvgIpc) is 3.29. The quantitative estimate of drug-likeness (QED) is 0.378. The van der Waals surface area contributed by atoms with E-state index in [2.05, 4.69) is 31.8 Å². The summed E-state index contributed by atoms with van der Waals surface area (Å²) in [7, 11) is 1.63. The van der Waals surface area contributed by atoms with E-state index in [1.165, 1.54) is 18.8 Å². The Hall–Kier alpha value is -3.66. The van der Waals surface area contributed by atoms with Crippen molar-refractivity contribution in [3.8, 4) is 5.75 Å². The van der Waals surface area contributed by atoms with Crippen LogP contribution in [0.2, 0.25) is 0 Å². The molecule has 0 spiro atoms. The third-order valence-corrected chi connectivity index (χ3v) is 4.80. The van der Waals surface area contributed by atoms with E-state index in [-0.39, 0.29) is 5.91 Å². The van der Waals surface area contributed by atoms with Gasteiger partial charge in [0.1, 0.15) is 17.9 Å². The van der Waals surface area contributed by atoms with Gasteiger partial charge in [0.05, 0.1) is 12.9 Å². The number of imidazole rings is 1. The van der Waals surface area contributed by atoms with E-state index in [4.69, 9.17) is 15.2 Å². The largest absolute Gasteiger partial charge is 0.491 e. The van der Waals surface area contributed by atoms with Crippen molar-refractivity contribution in [1.29, 1.82) is 0 Å². The average molecular weight is 440 g/mol. The SMILES string of the molecule is C=CC(=O)N1CCCCC1.COCCOc1cccc(Nc2nc(N)c3[nH]cnc3n2)c1. The van der Waals surface area contributed by atoms with Crippen LogP contribution in [0.3, 0.4) is 0 Å². The number of fused-ring (bicyclic) bond motifs is 1. The Morgan fingerprint density at radius 3 is 2.84 bits per heavy atom. The van der Waals surface area contributed by atoms with E-state index in [0.717, 1.165) is 37.4 Å². The van der Waals surface area contributed by atoms with Crippen LogP contribution in [0.15, 0.2) is 43.2 Å². The summed E-state index contributed by atoms with van der Waals surface area (Å²) in [5.41, 5.74) is 7.80. The monoisotopic (exact) mass is 439 g/mol. The van der Waals surface area contributed by atoms with Crippen LogP contribution >= 0.6 is 0 Å². The number of H-pyrrole nitrogens is 1. The second-order valence-electron chi connectivity index (χ2n) is 7.12. The molecular weight excluding hydrogens is 410 g/mol. The van der Waals surface area contributed by atoms with Crippen molar-refractivity contribution in [2.24, 2.45) is 0 Å². The summed E-state index contributed by atoms with van der Waals surface area (Å²) in [4.78, 5) is 28.3. The van der Waals surface area contributed by atoms with Crippen LogP contribution in [0.25, 0.3) is 11.2 Å². The first-order valence-corrected chi connectivity index (χ1v) is 10.5. The molecule has 32 heavy (non-hydrogen) atoms. The van der Waals surface area contributed by atoms with Crippen molar-refractivity contribution in [3.05, 3.63) is 43.2 Å². The van der Waals surface area contributed by atoms with Crippen LogP contribution in [0, 0.1) is 0 Å². The minimum Gasteiger partial charge on any atom is -0.491 e. The summed E-state index contributed by atoms with van der Waals surface area (Å²) in [5, 5.41) is 3.09. The van der Waals surface area contributed by atoms with Gasteiger partial charge < -0.3 is 30.4 Å². The fraction of sp³-hybridized carbons (Fsp3) is 0.364. The molecule has 0 unspecified atom stereocenters. The Balaban J connectivity index is 0.000000243. The lowest BCUT2D eigenvalue weighted by molar-refractivity contribution is -0.126. The van der Waals surface area contributed by atoms with E-state index in [1.807, 2.05) is 29.2 Å². The number of anilines is 3. The van der Waals surface area contributed by atoms with Gasteiger partial charge in [-0.2, -0.15) is 9.97 Å². The van der Waals surface area contributed by atoms with Crippen molar-refractivity contribution < 1.29 is 14.3 Å². The van der Waals surface area contributed by atoms with Crippen molar-refractivity contribution in [3.63, 3.8) is 0 Å². The van der Waals surface area contributed by atoms with Gasteiger partial charge in [-0.1, -0.05) is 12.6 Å². The third-order valence-electron chi connectivity index (χ3n) is 4.80. The molecule has 0 bridgehead atoms. The van der Waals surface area contributed by atoms with E-state index < -0.39 is 0 Å². The molecule has 4 N–H and O–H groups in total. The number of benzene rings is 1. The molecule has 170 valence electrons. The third kappa shape index (κ3) is 6.42. The van der Waals surface area contributed by atoms with Crippen LogP contribution in [-0.4, -0.2) is 64.2 Å². The summed E-state index contributed by atoms with van der Waals surface area (Å²) >= 11 is 0. The zero-order chi connectivity index (χ0) is 22.8. The molecule has 1 aliphatic heterocycles. The number of aromatic nitrogens is 4. The number of hydrogen-bond donors (Lipinski definition) is 3. The Morgan fingerprint density at radius 2 is 2.09 bits per heavy atom. The molecule has 10 heteroatoms. The molecule has 4 rings (SSSR count).